The van der Waals surface area contributed by atoms with E-state index in [1.54, 1.807) is 0 Å². The van der Waals surface area contributed by atoms with Crippen molar-refractivity contribution in [1.82, 2.24) is 15.4 Å². The summed E-state index contributed by atoms with van der Waals surface area (Å²) in [6.45, 7) is 0.205. The van der Waals surface area contributed by atoms with E-state index in [1.165, 1.54) is 21.3 Å². The first kappa shape index (κ1) is 20.0. The van der Waals surface area contributed by atoms with E-state index in [4.69, 9.17) is 13.3 Å². The van der Waals surface area contributed by atoms with Crippen LogP contribution in [0, 0.1) is 0 Å². The van der Waals surface area contributed by atoms with Gasteiger partial charge < -0.3 is 18.6 Å². The van der Waals surface area contributed by atoms with Crippen LogP contribution in [0.25, 0.3) is 0 Å². The Balaban J connectivity index is 2.33. The SMILES string of the molecule is CO[Si](CCCNS(=O)(=O)CCC1NC(=O)NC1=O)(OC)OC. The van der Waals surface area contributed by atoms with Gasteiger partial charge in [-0.25, -0.2) is 17.9 Å². The third-order valence-corrected chi connectivity index (χ3v) is 7.70. The molecule has 23 heavy (non-hydrogen) atoms. The monoisotopic (exact) mass is 369 g/mol. The van der Waals surface area contributed by atoms with E-state index in [0.29, 0.717) is 12.5 Å². The van der Waals surface area contributed by atoms with Crippen LogP contribution in [0.4, 0.5) is 4.79 Å². The number of hydrogen-bond acceptors (Lipinski definition) is 7. The zero-order chi connectivity index (χ0) is 17.5. The summed E-state index contributed by atoms with van der Waals surface area (Å²) in [6, 6.07) is -0.944. The molecule has 10 nitrogen and oxygen atoms in total. The molecule has 1 aliphatic heterocycles. The minimum atomic E-state index is -3.54. The van der Waals surface area contributed by atoms with Gasteiger partial charge in [-0.1, -0.05) is 0 Å². The molecule has 1 heterocycles. The van der Waals surface area contributed by atoms with Gasteiger partial charge in [0, 0.05) is 33.9 Å². The van der Waals surface area contributed by atoms with E-state index >= 15 is 0 Å². The van der Waals surface area contributed by atoms with Gasteiger partial charge in [0.1, 0.15) is 6.04 Å². The lowest BCUT2D eigenvalue weighted by atomic mass is 10.2. The van der Waals surface area contributed by atoms with Gasteiger partial charge in [-0.3, -0.25) is 10.1 Å². The number of urea groups is 1. The predicted octanol–water partition coefficient (Wildman–Crippen LogP) is -1.23. The molecule has 3 amide bonds. The molecule has 0 aliphatic carbocycles. The number of sulfonamides is 1. The molecular formula is C11H23N3O7SSi. The predicted molar refractivity (Wildman–Crippen MR) is 83.1 cm³/mol. The summed E-state index contributed by atoms with van der Waals surface area (Å²) in [6.07, 6.45) is 0.501. The van der Waals surface area contributed by atoms with Crippen molar-refractivity contribution >= 4 is 30.8 Å². The lowest BCUT2D eigenvalue weighted by Gasteiger charge is -2.24. The molecule has 134 valence electrons. The summed E-state index contributed by atoms with van der Waals surface area (Å²) in [5.74, 6) is -0.770. The second-order valence-corrected chi connectivity index (χ2v) is 9.93. The number of carbonyl (C=O) groups excluding carboxylic acids is 2. The van der Waals surface area contributed by atoms with Gasteiger partial charge in [-0.2, -0.15) is 0 Å². The Morgan fingerprint density at radius 1 is 1.17 bits per heavy atom. The highest BCUT2D eigenvalue weighted by Gasteiger charge is 2.37. The molecule has 0 bridgehead atoms. The van der Waals surface area contributed by atoms with Crippen LogP contribution in [0.15, 0.2) is 0 Å². The summed E-state index contributed by atoms with van der Waals surface area (Å²) in [5, 5.41) is 4.40. The van der Waals surface area contributed by atoms with Crippen molar-refractivity contribution in [2.75, 3.05) is 33.6 Å². The second-order valence-electron chi connectivity index (χ2n) is 4.92. The molecule has 0 aromatic heterocycles. The quantitative estimate of drug-likeness (QED) is 0.236. The summed E-state index contributed by atoms with van der Waals surface area (Å²) in [5.41, 5.74) is 0. The number of carbonyl (C=O) groups is 2. The minimum absolute atomic E-state index is 0.0137. The smallest absolute Gasteiger partial charge is 0.377 e. The van der Waals surface area contributed by atoms with Crippen molar-refractivity contribution in [1.29, 1.82) is 0 Å². The normalized spacial score (nSPS) is 18.8. The Morgan fingerprint density at radius 2 is 1.78 bits per heavy atom. The van der Waals surface area contributed by atoms with Crippen LogP contribution >= 0.6 is 0 Å². The first-order valence-electron chi connectivity index (χ1n) is 7.01. The summed E-state index contributed by atoms with van der Waals surface area (Å²) >= 11 is 0. The van der Waals surface area contributed by atoms with Gasteiger partial charge in [-0.15, -0.1) is 0 Å². The van der Waals surface area contributed by atoms with Crippen LogP contribution in [0.3, 0.4) is 0 Å². The van der Waals surface area contributed by atoms with Gasteiger partial charge in [0.05, 0.1) is 5.75 Å². The molecule has 1 saturated heterocycles. The van der Waals surface area contributed by atoms with Crippen molar-refractivity contribution in [3.63, 3.8) is 0 Å². The van der Waals surface area contributed by atoms with E-state index in [9.17, 15) is 18.0 Å². The molecule has 0 spiro atoms. The Morgan fingerprint density at radius 3 is 2.26 bits per heavy atom. The second kappa shape index (κ2) is 8.70. The first-order valence-corrected chi connectivity index (χ1v) is 10.6. The number of imide groups is 1. The first-order chi connectivity index (χ1) is 10.8. The fourth-order valence-electron chi connectivity index (χ4n) is 2.10. The molecule has 0 aromatic rings. The van der Waals surface area contributed by atoms with Gasteiger partial charge in [0.2, 0.25) is 10.0 Å². The van der Waals surface area contributed by atoms with E-state index in [0.717, 1.165) is 0 Å². The van der Waals surface area contributed by atoms with Gasteiger partial charge >= 0.3 is 14.8 Å². The van der Waals surface area contributed by atoms with Crippen molar-refractivity contribution in [3.8, 4) is 0 Å². The van der Waals surface area contributed by atoms with Crippen LogP contribution in [0.5, 0.6) is 0 Å². The lowest BCUT2D eigenvalue weighted by Crippen LogP contribution is -2.43. The highest BCUT2D eigenvalue weighted by molar-refractivity contribution is 7.89. The van der Waals surface area contributed by atoms with Gasteiger partial charge in [-0.05, 0) is 12.8 Å². The highest BCUT2D eigenvalue weighted by Crippen LogP contribution is 2.14. The summed E-state index contributed by atoms with van der Waals surface area (Å²) in [4.78, 5) is 22.3. The Bertz CT molecular complexity index is 515. The molecular weight excluding hydrogens is 346 g/mol. The molecule has 0 saturated carbocycles. The van der Waals surface area contributed by atoms with Crippen LogP contribution in [0.1, 0.15) is 12.8 Å². The number of rotatable bonds is 11. The van der Waals surface area contributed by atoms with Crippen LogP contribution < -0.4 is 15.4 Å². The Kier molecular flexibility index (Phi) is 7.56. The molecule has 1 unspecified atom stereocenters. The van der Waals surface area contributed by atoms with Gasteiger partial charge in [0.25, 0.3) is 5.91 Å². The lowest BCUT2D eigenvalue weighted by molar-refractivity contribution is -0.120. The van der Waals surface area contributed by atoms with Crippen molar-refractivity contribution in [2.45, 2.75) is 24.9 Å². The maximum absolute atomic E-state index is 11.9. The molecule has 1 aliphatic rings. The number of nitrogens with one attached hydrogen (secondary N) is 3. The maximum atomic E-state index is 11.9. The third kappa shape index (κ3) is 6.16. The zero-order valence-corrected chi connectivity index (χ0v) is 15.2. The average molecular weight is 369 g/mol. The third-order valence-electron chi connectivity index (χ3n) is 3.45. The highest BCUT2D eigenvalue weighted by atomic mass is 32.2. The Labute approximate surface area is 136 Å². The van der Waals surface area contributed by atoms with Gasteiger partial charge in [0.15, 0.2) is 0 Å². The number of hydrogen-bond donors (Lipinski definition) is 3. The van der Waals surface area contributed by atoms with Crippen molar-refractivity contribution < 1.29 is 31.3 Å². The van der Waals surface area contributed by atoms with E-state index < -0.39 is 36.8 Å². The van der Waals surface area contributed by atoms with E-state index in [2.05, 4.69) is 15.4 Å². The Hall–Kier alpha value is -1.05. The maximum Gasteiger partial charge on any atom is 0.500 e. The fourth-order valence-corrected chi connectivity index (χ4v) is 4.96. The largest absolute Gasteiger partial charge is 0.500 e. The average Bonchev–Trinajstić information content (AvgIpc) is 2.84. The zero-order valence-electron chi connectivity index (χ0n) is 13.4. The number of amides is 3. The summed E-state index contributed by atoms with van der Waals surface area (Å²) in [7, 11) is -1.77. The van der Waals surface area contributed by atoms with Crippen LogP contribution in [-0.2, 0) is 28.1 Å². The van der Waals surface area contributed by atoms with Crippen LogP contribution in [-0.4, -0.2) is 68.8 Å². The molecule has 1 rings (SSSR count). The topological polar surface area (TPSA) is 132 Å². The minimum Gasteiger partial charge on any atom is -0.377 e. The molecule has 1 fully saturated rings. The van der Waals surface area contributed by atoms with Crippen LogP contribution in [0.2, 0.25) is 6.04 Å². The van der Waals surface area contributed by atoms with Crippen molar-refractivity contribution in [2.24, 2.45) is 0 Å². The van der Waals surface area contributed by atoms with Crippen molar-refractivity contribution in [3.05, 3.63) is 0 Å². The fraction of sp³-hybridized carbons (Fsp3) is 0.818. The summed E-state index contributed by atoms with van der Waals surface area (Å²) < 4.78 is 41.9. The standard InChI is InChI=1S/C11H23N3O7SSi/c1-19-23(20-2,21-3)8-4-6-12-22(17,18)7-5-9-10(15)14-11(16)13-9/h9,12H,4-8H2,1-3H3,(H2,13,14,15,16). The molecule has 0 aromatic carbocycles. The molecule has 1 atom stereocenters. The molecule has 3 N–H and O–H groups in total. The molecule has 0 radical (unpaired) electrons. The van der Waals surface area contributed by atoms with E-state index in [1.807, 2.05) is 0 Å². The van der Waals surface area contributed by atoms with E-state index in [-0.39, 0.29) is 18.7 Å². The molecule has 12 heteroatoms.